The van der Waals surface area contributed by atoms with E-state index in [-0.39, 0.29) is 0 Å². The molecule has 2 rings (SSSR count). The molecule has 0 saturated heterocycles. The third-order valence-electron chi connectivity index (χ3n) is 5.91. The molecule has 6 nitrogen and oxygen atoms in total. The van der Waals surface area contributed by atoms with Crippen molar-refractivity contribution in [1.82, 2.24) is 0 Å². The van der Waals surface area contributed by atoms with E-state index in [4.69, 9.17) is 18.9 Å². The molecule has 32 heavy (non-hydrogen) atoms. The minimum absolute atomic E-state index is 0.294. The number of ether oxygens (including phenoxy) is 4. The molecule has 6 heteroatoms. The highest BCUT2D eigenvalue weighted by Crippen LogP contribution is 2.34. The number of para-hydroxylation sites is 2. The van der Waals surface area contributed by atoms with E-state index >= 15 is 0 Å². The molecule has 0 saturated carbocycles. The molecular formula is C26H40O6. The van der Waals surface area contributed by atoms with Gasteiger partial charge in [0.05, 0.1) is 13.2 Å². The van der Waals surface area contributed by atoms with Crippen molar-refractivity contribution >= 4 is 11.9 Å². The number of carbonyl (C=O) groups excluding carboxylic acids is 2. The minimum Gasteiger partial charge on any atom is -0.470 e. The number of esters is 2. The maximum atomic E-state index is 12.8. The number of benzene rings is 1. The molecule has 1 aliphatic rings. The Kier molecular flexibility index (Phi) is 11.4. The second-order valence-corrected chi connectivity index (χ2v) is 8.93. The van der Waals surface area contributed by atoms with Crippen LogP contribution in [0.3, 0.4) is 0 Å². The lowest BCUT2D eigenvalue weighted by Gasteiger charge is -2.31. The largest absolute Gasteiger partial charge is 0.470 e. The molecule has 1 aromatic carbocycles. The van der Waals surface area contributed by atoms with Gasteiger partial charge in [0.2, 0.25) is 12.2 Å². The SMILES string of the molecule is CCCCC(C)CCOC(=O)C1Oc2ccccc2OC1C(=O)OCCC(C)CCCC. The summed E-state index contributed by atoms with van der Waals surface area (Å²) in [6.07, 6.45) is 6.04. The van der Waals surface area contributed by atoms with Gasteiger partial charge in [-0.2, -0.15) is 0 Å². The monoisotopic (exact) mass is 448 g/mol. The van der Waals surface area contributed by atoms with Gasteiger partial charge < -0.3 is 18.9 Å². The molecule has 180 valence electrons. The van der Waals surface area contributed by atoms with E-state index in [1.807, 2.05) is 0 Å². The van der Waals surface area contributed by atoms with Gasteiger partial charge in [-0.1, -0.05) is 78.4 Å². The highest BCUT2D eigenvalue weighted by atomic mass is 16.6. The Morgan fingerprint density at radius 1 is 0.781 bits per heavy atom. The number of hydrogen-bond acceptors (Lipinski definition) is 6. The minimum atomic E-state index is -1.18. The smallest absolute Gasteiger partial charge is 0.351 e. The molecule has 1 aromatic rings. The van der Waals surface area contributed by atoms with Crippen LogP contribution in [0.2, 0.25) is 0 Å². The van der Waals surface area contributed by atoms with Crippen molar-refractivity contribution in [3.05, 3.63) is 24.3 Å². The van der Waals surface area contributed by atoms with E-state index in [1.165, 1.54) is 0 Å². The summed E-state index contributed by atoms with van der Waals surface area (Å²) in [5.41, 5.74) is 0. The van der Waals surface area contributed by atoms with Crippen LogP contribution in [0.5, 0.6) is 11.5 Å². The average molecular weight is 449 g/mol. The number of fused-ring (bicyclic) bond motifs is 1. The maximum Gasteiger partial charge on any atom is 0.351 e. The standard InChI is InChI=1S/C26H40O6/c1-5-7-11-19(3)15-17-29-25(27)23-24(32-22-14-10-9-13-21(22)31-23)26(28)30-18-16-20(4)12-8-6-2/h9-10,13-14,19-20,23-24H,5-8,11-12,15-18H2,1-4H3. The molecule has 4 unspecified atom stereocenters. The molecule has 4 atom stereocenters. The second-order valence-electron chi connectivity index (χ2n) is 8.93. The van der Waals surface area contributed by atoms with Crippen LogP contribution in [-0.4, -0.2) is 37.4 Å². The van der Waals surface area contributed by atoms with Crippen molar-refractivity contribution in [1.29, 1.82) is 0 Å². The molecule has 0 aromatic heterocycles. The van der Waals surface area contributed by atoms with Gasteiger partial charge in [-0.3, -0.25) is 0 Å². The van der Waals surface area contributed by atoms with Crippen molar-refractivity contribution in [2.24, 2.45) is 11.8 Å². The van der Waals surface area contributed by atoms with Gasteiger partial charge in [-0.15, -0.1) is 0 Å². The van der Waals surface area contributed by atoms with Crippen LogP contribution in [-0.2, 0) is 19.1 Å². The van der Waals surface area contributed by atoms with E-state index in [9.17, 15) is 9.59 Å². The van der Waals surface area contributed by atoms with Crippen molar-refractivity contribution < 1.29 is 28.5 Å². The molecule has 0 spiro atoms. The third kappa shape index (κ3) is 8.36. The highest BCUT2D eigenvalue weighted by Gasteiger charge is 2.44. The summed E-state index contributed by atoms with van der Waals surface area (Å²) in [6, 6.07) is 6.99. The Morgan fingerprint density at radius 2 is 1.19 bits per heavy atom. The number of rotatable bonds is 14. The normalized spacial score (nSPS) is 19.1. The summed E-state index contributed by atoms with van der Waals surface area (Å²) in [7, 11) is 0. The molecule has 0 N–H and O–H groups in total. The molecule has 1 heterocycles. The van der Waals surface area contributed by atoms with Gasteiger partial charge in [0.15, 0.2) is 11.5 Å². The summed E-state index contributed by atoms with van der Waals surface area (Å²) in [5.74, 6) is 0.594. The Bertz CT molecular complexity index is 644. The van der Waals surface area contributed by atoms with Crippen molar-refractivity contribution in [2.45, 2.75) is 91.3 Å². The van der Waals surface area contributed by atoms with Crippen LogP contribution in [0.4, 0.5) is 0 Å². The van der Waals surface area contributed by atoms with Crippen LogP contribution in [0, 0.1) is 11.8 Å². The Morgan fingerprint density at radius 3 is 1.56 bits per heavy atom. The zero-order valence-corrected chi connectivity index (χ0v) is 20.1. The maximum absolute atomic E-state index is 12.8. The molecule has 0 bridgehead atoms. The number of hydrogen-bond donors (Lipinski definition) is 0. The summed E-state index contributed by atoms with van der Waals surface area (Å²) in [5, 5.41) is 0. The van der Waals surface area contributed by atoms with Gasteiger partial charge >= 0.3 is 11.9 Å². The average Bonchev–Trinajstić information content (AvgIpc) is 2.80. The first-order chi connectivity index (χ1) is 15.5. The lowest BCUT2D eigenvalue weighted by atomic mass is 10.0. The van der Waals surface area contributed by atoms with Gasteiger partial charge in [0.1, 0.15) is 0 Å². The fraction of sp³-hybridized carbons (Fsp3) is 0.692. The van der Waals surface area contributed by atoms with E-state index in [2.05, 4.69) is 27.7 Å². The fourth-order valence-electron chi connectivity index (χ4n) is 3.67. The summed E-state index contributed by atoms with van der Waals surface area (Å²) >= 11 is 0. The predicted molar refractivity (Wildman–Crippen MR) is 124 cm³/mol. The third-order valence-corrected chi connectivity index (χ3v) is 5.91. The molecule has 0 amide bonds. The van der Waals surface area contributed by atoms with Gasteiger partial charge in [-0.25, -0.2) is 9.59 Å². The van der Waals surface area contributed by atoms with Gasteiger partial charge in [-0.05, 0) is 36.8 Å². The first kappa shape index (κ1) is 26.0. The molecule has 0 fully saturated rings. The summed E-state index contributed by atoms with van der Waals surface area (Å²) < 4.78 is 22.6. The lowest BCUT2D eigenvalue weighted by Crippen LogP contribution is -2.51. The van der Waals surface area contributed by atoms with Crippen LogP contribution in [0.25, 0.3) is 0 Å². The van der Waals surface area contributed by atoms with E-state index < -0.39 is 24.1 Å². The molecule has 0 radical (unpaired) electrons. The first-order valence-corrected chi connectivity index (χ1v) is 12.2. The van der Waals surface area contributed by atoms with Crippen LogP contribution < -0.4 is 9.47 Å². The predicted octanol–water partition coefficient (Wildman–Crippen LogP) is 5.71. The van der Waals surface area contributed by atoms with E-state index in [1.54, 1.807) is 24.3 Å². The van der Waals surface area contributed by atoms with Crippen molar-refractivity contribution in [3.8, 4) is 11.5 Å². The van der Waals surface area contributed by atoms with E-state index in [0.29, 0.717) is 36.5 Å². The van der Waals surface area contributed by atoms with Crippen molar-refractivity contribution in [3.63, 3.8) is 0 Å². The first-order valence-electron chi connectivity index (χ1n) is 12.2. The van der Waals surface area contributed by atoms with Crippen LogP contribution in [0.15, 0.2) is 24.3 Å². The molecule has 0 aliphatic carbocycles. The van der Waals surface area contributed by atoms with Crippen LogP contribution in [0.1, 0.15) is 79.1 Å². The quantitative estimate of drug-likeness (QED) is 0.339. The summed E-state index contributed by atoms with van der Waals surface area (Å²) in [4.78, 5) is 25.6. The molecular weight excluding hydrogens is 408 g/mol. The van der Waals surface area contributed by atoms with E-state index in [0.717, 1.165) is 51.4 Å². The van der Waals surface area contributed by atoms with Crippen molar-refractivity contribution in [2.75, 3.05) is 13.2 Å². The van der Waals surface area contributed by atoms with Crippen LogP contribution >= 0.6 is 0 Å². The zero-order chi connectivity index (χ0) is 23.3. The second kappa shape index (κ2) is 14.0. The van der Waals surface area contributed by atoms with Gasteiger partial charge in [0.25, 0.3) is 0 Å². The zero-order valence-electron chi connectivity index (χ0n) is 20.1. The van der Waals surface area contributed by atoms with Gasteiger partial charge in [0, 0.05) is 0 Å². The Hall–Kier alpha value is -2.24. The fourth-order valence-corrected chi connectivity index (χ4v) is 3.67. The Balaban J connectivity index is 1.94. The number of carbonyl (C=O) groups is 2. The summed E-state index contributed by atoms with van der Waals surface area (Å²) in [6.45, 7) is 9.22. The molecule has 1 aliphatic heterocycles. The lowest BCUT2D eigenvalue weighted by molar-refractivity contribution is -0.172. The topological polar surface area (TPSA) is 71.1 Å². The number of unbranched alkanes of at least 4 members (excludes halogenated alkanes) is 2. The highest BCUT2D eigenvalue weighted by molar-refractivity contribution is 5.87. The Labute approximate surface area is 193 Å².